The van der Waals surface area contributed by atoms with E-state index in [1.165, 1.54) is 6.08 Å². The number of carbonyl (C=O) groups is 1. The average Bonchev–Trinajstić information content (AvgIpc) is 2.44. The van der Waals surface area contributed by atoms with Crippen molar-refractivity contribution in [1.82, 2.24) is 0 Å². The highest BCUT2D eigenvalue weighted by atomic mass is 16.4. The van der Waals surface area contributed by atoms with Crippen LogP contribution in [0.4, 0.5) is 0 Å². The van der Waals surface area contributed by atoms with Crippen LogP contribution in [0, 0.1) is 17.8 Å². The molecule has 0 heterocycles. The highest BCUT2D eigenvalue weighted by Crippen LogP contribution is 2.51. The molecular formula is C10H12O2. The maximum atomic E-state index is 10.4. The Hall–Kier alpha value is -1.05. The zero-order valence-electron chi connectivity index (χ0n) is 7.03. The Morgan fingerprint density at radius 1 is 1.75 bits per heavy atom. The van der Waals surface area contributed by atoms with Crippen LogP contribution in [-0.2, 0) is 4.79 Å². The Morgan fingerprint density at radius 3 is 3.17 bits per heavy atom. The lowest BCUT2D eigenvalue weighted by Gasteiger charge is -2.41. The number of carboxylic acid groups (broad SMARTS) is 1. The molecule has 2 heteroatoms. The zero-order chi connectivity index (χ0) is 8.72. The molecule has 12 heavy (non-hydrogen) atoms. The number of carboxylic acids is 1. The number of hydrogen-bond donors (Lipinski definition) is 1. The third-order valence-electron chi connectivity index (χ3n) is 3.06. The molecule has 1 saturated carbocycles. The second-order valence-electron chi connectivity index (χ2n) is 3.62. The molecule has 0 aromatic rings. The van der Waals surface area contributed by atoms with Crippen LogP contribution in [0.15, 0.2) is 23.8 Å². The van der Waals surface area contributed by atoms with Gasteiger partial charge in [0.2, 0.25) is 0 Å². The number of rotatable bonds is 1. The van der Waals surface area contributed by atoms with E-state index in [1.807, 2.05) is 0 Å². The first-order chi connectivity index (χ1) is 5.70. The van der Waals surface area contributed by atoms with Gasteiger partial charge in [0, 0.05) is 12.0 Å². The fourth-order valence-corrected chi connectivity index (χ4v) is 2.35. The van der Waals surface area contributed by atoms with Crippen LogP contribution >= 0.6 is 0 Å². The molecule has 2 aliphatic rings. The van der Waals surface area contributed by atoms with E-state index in [0.29, 0.717) is 17.8 Å². The second-order valence-corrected chi connectivity index (χ2v) is 3.62. The Morgan fingerprint density at radius 2 is 2.50 bits per heavy atom. The molecule has 0 saturated heterocycles. The first-order valence-corrected chi connectivity index (χ1v) is 4.31. The van der Waals surface area contributed by atoms with E-state index in [4.69, 9.17) is 5.11 Å². The van der Waals surface area contributed by atoms with E-state index in [0.717, 1.165) is 12.0 Å². The van der Waals surface area contributed by atoms with Gasteiger partial charge in [-0.15, -0.1) is 0 Å². The van der Waals surface area contributed by atoms with E-state index in [-0.39, 0.29) is 0 Å². The maximum Gasteiger partial charge on any atom is 0.328 e. The Labute approximate surface area is 71.6 Å². The molecule has 64 valence electrons. The van der Waals surface area contributed by atoms with Gasteiger partial charge in [0.05, 0.1) is 0 Å². The molecule has 0 bridgehead atoms. The van der Waals surface area contributed by atoms with Crippen molar-refractivity contribution in [3.05, 3.63) is 23.8 Å². The minimum absolute atomic E-state index is 0.441. The van der Waals surface area contributed by atoms with Crippen LogP contribution in [0.1, 0.15) is 13.3 Å². The van der Waals surface area contributed by atoms with Crippen molar-refractivity contribution in [2.75, 3.05) is 0 Å². The predicted octanol–water partition coefficient (Wildman–Crippen LogP) is 1.84. The average molecular weight is 164 g/mol. The molecule has 2 aliphatic carbocycles. The molecule has 0 aromatic carbocycles. The van der Waals surface area contributed by atoms with E-state index in [2.05, 4.69) is 19.1 Å². The molecule has 2 nitrogen and oxygen atoms in total. The van der Waals surface area contributed by atoms with Crippen molar-refractivity contribution in [2.24, 2.45) is 17.8 Å². The van der Waals surface area contributed by atoms with Crippen molar-refractivity contribution in [2.45, 2.75) is 13.3 Å². The van der Waals surface area contributed by atoms with Crippen LogP contribution in [-0.4, -0.2) is 11.1 Å². The van der Waals surface area contributed by atoms with E-state index in [9.17, 15) is 4.79 Å². The van der Waals surface area contributed by atoms with Crippen LogP contribution in [0.2, 0.25) is 0 Å². The van der Waals surface area contributed by atoms with Crippen LogP contribution < -0.4 is 0 Å². The third-order valence-corrected chi connectivity index (χ3v) is 3.06. The van der Waals surface area contributed by atoms with Gasteiger partial charge < -0.3 is 5.11 Å². The summed E-state index contributed by atoms with van der Waals surface area (Å²) in [6.07, 6.45) is 6.80. The molecular weight excluding hydrogens is 152 g/mol. The molecule has 2 rings (SSSR count). The first-order valence-electron chi connectivity index (χ1n) is 4.31. The molecule has 0 aromatic heterocycles. The molecule has 0 amide bonds. The summed E-state index contributed by atoms with van der Waals surface area (Å²) in [5, 5.41) is 8.59. The van der Waals surface area contributed by atoms with Crippen molar-refractivity contribution < 1.29 is 9.90 Å². The SMILES string of the molecule is CC1C(=CC(=O)O)[C@@H]2C=CC[C@H]12. The van der Waals surface area contributed by atoms with Gasteiger partial charge in [-0.05, 0) is 18.3 Å². The smallest absolute Gasteiger partial charge is 0.328 e. The van der Waals surface area contributed by atoms with Crippen molar-refractivity contribution >= 4 is 5.97 Å². The Kier molecular flexibility index (Phi) is 1.56. The van der Waals surface area contributed by atoms with Crippen LogP contribution in [0.3, 0.4) is 0 Å². The molecule has 0 aliphatic heterocycles. The molecule has 1 unspecified atom stereocenters. The number of hydrogen-bond acceptors (Lipinski definition) is 1. The summed E-state index contributed by atoms with van der Waals surface area (Å²) in [7, 11) is 0. The lowest BCUT2D eigenvalue weighted by molar-refractivity contribution is -0.131. The third kappa shape index (κ3) is 0.909. The van der Waals surface area contributed by atoms with Crippen molar-refractivity contribution in [3.63, 3.8) is 0 Å². The van der Waals surface area contributed by atoms with E-state index < -0.39 is 5.97 Å². The van der Waals surface area contributed by atoms with Crippen LogP contribution in [0.5, 0.6) is 0 Å². The summed E-state index contributed by atoms with van der Waals surface area (Å²) >= 11 is 0. The van der Waals surface area contributed by atoms with Crippen molar-refractivity contribution in [1.29, 1.82) is 0 Å². The van der Waals surface area contributed by atoms with Crippen molar-refractivity contribution in [3.8, 4) is 0 Å². The summed E-state index contributed by atoms with van der Waals surface area (Å²) in [6, 6.07) is 0. The summed E-state index contributed by atoms with van der Waals surface area (Å²) in [5.41, 5.74) is 1.10. The summed E-state index contributed by atoms with van der Waals surface area (Å²) in [4.78, 5) is 10.4. The summed E-state index contributed by atoms with van der Waals surface area (Å²) in [5.74, 6) is 0.795. The molecule has 0 radical (unpaired) electrons. The van der Waals surface area contributed by atoms with Gasteiger partial charge in [-0.2, -0.15) is 0 Å². The minimum Gasteiger partial charge on any atom is -0.478 e. The van der Waals surface area contributed by atoms with Gasteiger partial charge in [-0.3, -0.25) is 0 Å². The first kappa shape index (κ1) is 7.59. The van der Waals surface area contributed by atoms with Gasteiger partial charge in [-0.1, -0.05) is 24.6 Å². The maximum absolute atomic E-state index is 10.4. The fourth-order valence-electron chi connectivity index (χ4n) is 2.35. The number of aliphatic carboxylic acids is 1. The summed E-state index contributed by atoms with van der Waals surface area (Å²) < 4.78 is 0. The highest BCUT2D eigenvalue weighted by molar-refractivity contribution is 5.81. The van der Waals surface area contributed by atoms with E-state index in [1.54, 1.807) is 0 Å². The Bertz CT molecular complexity index is 276. The lowest BCUT2D eigenvalue weighted by atomic mass is 9.63. The van der Waals surface area contributed by atoms with E-state index >= 15 is 0 Å². The van der Waals surface area contributed by atoms with Gasteiger partial charge >= 0.3 is 5.97 Å². The summed E-state index contributed by atoms with van der Waals surface area (Å²) in [6.45, 7) is 2.11. The Balaban J connectivity index is 2.19. The monoisotopic (exact) mass is 164 g/mol. The largest absolute Gasteiger partial charge is 0.478 e. The molecule has 0 spiro atoms. The topological polar surface area (TPSA) is 37.3 Å². The standard InChI is InChI=1S/C10H12O2/c1-6-7-3-2-4-8(7)9(6)5-10(11)12/h2,4-8H,3H2,1H3,(H,11,12)/t6?,7-,8-/m1/s1. The number of allylic oxidation sites excluding steroid dienone is 3. The van der Waals surface area contributed by atoms with Gasteiger partial charge in [-0.25, -0.2) is 4.79 Å². The predicted molar refractivity (Wildman–Crippen MR) is 45.6 cm³/mol. The minimum atomic E-state index is -0.810. The van der Waals surface area contributed by atoms with Gasteiger partial charge in [0.25, 0.3) is 0 Å². The fraction of sp³-hybridized carbons (Fsp3) is 0.500. The van der Waals surface area contributed by atoms with Gasteiger partial charge in [0.1, 0.15) is 0 Å². The highest BCUT2D eigenvalue weighted by Gasteiger charge is 2.43. The zero-order valence-corrected chi connectivity index (χ0v) is 7.03. The molecule has 3 atom stereocenters. The molecule has 1 fully saturated rings. The normalized spacial score (nSPS) is 41.1. The van der Waals surface area contributed by atoms with Crippen LogP contribution in [0.25, 0.3) is 0 Å². The quantitative estimate of drug-likeness (QED) is 0.474. The lowest BCUT2D eigenvalue weighted by Crippen LogP contribution is -2.34. The number of fused-ring (bicyclic) bond motifs is 1. The molecule has 1 N–H and O–H groups in total. The van der Waals surface area contributed by atoms with Gasteiger partial charge in [0.15, 0.2) is 0 Å². The second kappa shape index (κ2) is 2.47.